The lowest BCUT2D eigenvalue weighted by Crippen LogP contribution is -2.06. The molecule has 0 aliphatic rings. The van der Waals surface area contributed by atoms with Crippen molar-refractivity contribution in [3.8, 4) is 0 Å². The number of nitrogens with one attached hydrogen (secondary N) is 1. The Morgan fingerprint density at radius 1 is 1.21 bits per heavy atom. The van der Waals surface area contributed by atoms with Gasteiger partial charge in [-0.3, -0.25) is 0 Å². The summed E-state index contributed by atoms with van der Waals surface area (Å²) in [5.74, 6) is 0.920. The van der Waals surface area contributed by atoms with Gasteiger partial charge in [0, 0.05) is 19.2 Å². The first kappa shape index (κ1) is 13.8. The Balaban J connectivity index is 2.33. The molecule has 0 bridgehead atoms. The average molecular weight is 278 g/mol. The second-order valence-electron chi connectivity index (χ2n) is 4.05. The maximum absolute atomic E-state index is 4.39. The highest BCUT2D eigenvalue weighted by molar-refractivity contribution is 7.99. The molecule has 2 aromatic heterocycles. The summed E-state index contributed by atoms with van der Waals surface area (Å²) in [5.41, 5.74) is 1.15. The van der Waals surface area contributed by atoms with Gasteiger partial charge in [-0.1, -0.05) is 13.3 Å². The Hall–Kier alpha value is -1.63. The van der Waals surface area contributed by atoms with Crippen LogP contribution in [0.25, 0.3) is 0 Å². The van der Waals surface area contributed by atoms with Crippen LogP contribution in [0.5, 0.6) is 0 Å². The van der Waals surface area contributed by atoms with E-state index in [0.29, 0.717) is 0 Å². The molecule has 0 fully saturated rings. The van der Waals surface area contributed by atoms with E-state index in [0.717, 1.165) is 41.0 Å². The molecular weight excluding hydrogens is 260 g/mol. The predicted molar refractivity (Wildman–Crippen MR) is 75.3 cm³/mol. The van der Waals surface area contributed by atoms with Gasteiger partial charge < -0.3 is 5.32 Å². The van der Waals surface area contributed by atoms with E-state index in [-0.39, 0.29) is 0 Å². The molecule has 2 aromatic rings. The number of rotatable bonds is 6. The van der Waals surface area contributed by atoms with Crippen molar-refractivity contribution in [2.24, 2.45) is 7.05 Å². The number of hydrogen-bond acceptors (Lipinski definition) is 6. The molecule has 0 atom stereocenters. The molecule has 102 valence electrons. The molecule has 0 aliphatic heterocycles. The third kappa shape index (κ3) is 3.23. The first-order chi connectivity index (χ1) is 9.26. The smallest absolute Gasteiger partial charge is 0.192 e. The molecule has 1 N–H and O–H groups in total. The molecule has 0 aromatic carbocycles. The maximum atomic E-state index is 4.39. The van der Waals surface area contributed by atoms with Crippen molar-refractivity contribution in [1.82, 2.24) is 24.7 Å². The van der Waals surface area contributed by atoms with Gasteiger partial charge in [-0.2, -0.15) is 5.10 Å². The molecule has 2 rings (SSSR count). The minimum Gasteiger partial charge on any atom is -0.370 e. The molecule has 0 radical (unpaired) electrons. The van der Waals surface area contributed by atoms with Crippen molar-refractivity contribution >= 4 is 17.6 Å². The van der Waals surface area contributed by atoms with Crippen molar-refractivity contribution in [2.45, 2.75) is 36.9 Å². The Kier molecular flexibility index (Phi) is 4.73. The zero-order valence-corrected chi connectivity index (χ0v) is 12.2. The van der Waals surface area contributed by atoms with Crippen molar-refractivity contribution < 1.29 is 0 Å². The highest BCUT2D eigenvalue weighted by Gasteiger charge is 2.13. The molecule has 0 saturated heterocycles. The van der Waals surface area contributed by atoms with Crippen LogP contribution in [0.2, 0.25) is 0 Å². The Morgan fingerprint density at radius 2 is 2.05 bits per heavy atom. The SMILES string of the molecule is CCCc1c(NCC)ncnc1Sc1ncnn1C. The molecule has 0 saturated carbocycles. The summed E-state index contributed by atoms with van der Waals surface area (Å²) >= 11 is 1.53. The highest BCUT2D eigenvalue weighted by atomic mass is 32.2. The van der Waals surface area contributed by atoms with Crippen LogP contribution in [0.15, 0.2) is 22.8 Å². The minimum atomic E-state index is 0.832. The van der Waals surface area contributed by atoms with E-state index < -0.39 is 0 Å². The zero-order chi connectivity index (χ0) is 13.7. The van der Waals surface area contributed by atoms with Crippen LogP contribution in [-0.4, -0.2) is 31.3 Å². The van der Waals surface area contributed by atoms with Crippen molar-refractivity contribution in [1.29, 1.82) is 0 Å². The second kappa shape index (κ2) is 6.51. The first-order valence-electron chi connectivity index (χ1n) is 6.35. The van der Waals surface area contributed by atoms with Gasteiger partial charge in [0.05, 0.1) is 0 Å². The highest BCUT2D eigenvalue weighted by Crippen LogP contribution is 2.30. The fourth-order valence-electron chi connectivity index (χ4n) is 1.74. The maximum Gasteiger partial charge on any atom is 0.192 e. The van der Waals surface area contributed by atoms with Gasteiger partial charge in [0.15, 0.2) is 5.16 Å². The molecule has 7 heteroatoms. The monoisotopic (exact) mass is 278 g/mol. The third-order valence-corrected chi connectivity index (χ3v) is 3.71. The lowest BCUT2D eigenvalue weighted by atomic mass is 10.2. The summed E-state index contributed by atoms with van der Waals surface area (Å²) in [6.07, 6.45) is 5.14. The van der Waals surface area contributed by atoms with Gasteiger partial charge in [-0.25, -0.2) is 19.6 Å². The zero-order valence-electron chi connectivity index (χ0n) is 11.4. The van der Waals surface area contributed by atoms with Gasteiger partial charge in [0.2, 0.25) is 0 Å². The first-order valence-corrected chi connectivity index (χ1v) is 7.17. The summed E-state index contributed by atoms with van der Waals surface area (Å²) in [7, 11) is 1.88. The minimum absolute atomic E-state index is 0.832. The lowest BCUT2D eigenvalue weighted by Gasteiger charge is -2.12. The lowest BCUT2D eigenvalue weighted by molar-refractivity contribution is 0.684. The number of anilines is 1. The Labute approximate surface area is 117 Å². The Morgan fingerprint density at radius 3 is 2.68 bits per heavy atom. The van der Waals surface area contributed by atoms with E-state index in [1.54, 1.807) is 17.3 Å². The number of aryl methyl sites for hydroxylation is 1. The number of aromatic nitrogens is 5. The van der Waals surface area contributed by atoms with Gasteiger partial charge >= 0.3 is 0 Å². The summed E-state index contributed by atoms with van der Waals surface area (Å²) < 4.78 is 1.75. The molecule has 19 heavy (non-hydrogen) atoms. The van der Waals surface area contributed by atoms with Crippen molar-refractivity contribution in [3.63, 3.8) is 0 Å². The van der Waals surface area contributed by atoms with Crippen LogP contribution in [-0.2, 0) is 13.5 Å². The third-order valence-electron chi connectivity index (χ3n) is 2.61. The normalized spacial score (nSPS) is 10.7. The fourth-order valence-corrected chi connectivity index (χ4v) is 2.62. The topological polar surface area (TPSA) is 68.5 Å². The summed E-state index contributed by atoms with van der Waals surface area (Å²) in [6.45, 7) is 5.06. The number of hydrogen-bond donors (Lipinski definition) is 1. The van der Waals surface area contributed by atoms with Gasteiger partial charge in [-0.05, 0) is 25.1 Å². The largest absolute Gasteiger partial charge is 0.370 e. The molecule has 0 unspecified atom stereocenters. The molecule has 0 spiro atoms. The van der Waals surface area contributed by atoms with Crippen molar-refractivity contribution in [2.75, 3.05) is 11.9 Å². The van der Waals surface area contributed by atoms with Gasteiger partial charge in [0.1, 0.15) is 23.5 Å². The van der Waals surface area contributed by atoms with E-state index in [1.807, 2.05) is 7.05 Å². The predicted octanol–water partition coefficient (Wildman–Crippen LogP) is 2.14. The van der Waals surface area contributed by atoms with Crippen LogP contribution >= 0.6 is 11.8 Å². The molecule has 2 heterocycles. The van der Waals surface area contributed by atoms with E-state index >= 15 is 0 Å². The molecule has 6 nitrogen and oxygen atoms in total. The Bertz CT molecular complexity index is 539. The van der Waals surface area contributed by atoms with Gasteiger partial charge in [0.25, 0.3) is 0 Å². The van der Waals surface area contributed by atoms with E-state index in [4.69, 9.17) is 0 Å². The van der Waals surface area contributed by atoms with Crippen LogP contribution < -0.4 is 5.32 Å². The summed E-state index contributed by atoms with van der Waals surface area (Å²) in [6, 6.07) is 0. The van der Waals surface area contributed by atoms with E-state index in [2.05, 4.69) is 39.2 Å². The van der Waals surface area contributed by atoms with E-state index in [9.17, 15) is 0 Å². The van der Waals surface area contributed by atoms with Crippen LogP contribution in [0.1, 0.15) is 25.8 Å². The quantitative estimate of drug-likeness (QED) is 0.816. The standard InChI is InChI=1S/C12H18N6S/c1-4-6-9-10(13-5-2)14-7-15-11(9)19-12-16-8-17-18(12)3/h7-8H,4-6H2,1-3H3,(H,13,14,15). The molecule has 0 aliphatic carbocycles. The van der Waals surface area contributed by atoms with Crippen LogP contribution in [0.4, 0.5) is 5.82 Å². The molecular formula is C12H18N6S. The fraction of sp³-hybridized carbons (Fsp3) is 0.500. The molecule has 0 amide bonds. The average Bonchev–Trinajstić information content (AvgIpc) is 2.79. The summed E-state index contributed by atoms with van der Waals surface area (Å²) in [5, 5.41) is 9.14. The summed E-state index contributed by atoms with van der Waals surface area (Å²) in [4.78, 5) is 12.9. The second-order valence-corrected chi connectivity index (χ2v) is 5.01. The number of nitrogens with zero attached hydrogens (tertiary/aromatic N) is 5. The van der Waals surface area contributed by atoms with Crippen LogP contribution in [0.3, 0.4) is 0 Å². The van der Waals surface area contributed by atoms with Gasteiger partial charge in [-0.15, -0.1) is 0 Å². The van der Waals surface area contributed by atoms with Crippen LogP contribution in [0, 0.1) is 0 Å². The van der Waals surface area contributed by atoms with Crippen molar-refractivity contribution in [3.05, 3.63) is 18.2 Å². The van der Waals surface area contributed by atoms with E-state index in [1.165, 1.54) is 11.8 Å².